The standard InChI is InChI=1S/C11H19NO3/c1-3-10(13)12-9(2)7-5-4-6-8-11(14)15/h3,9H,1,4-8H2,2H3,(H,12,13)(H,14,15). The van der Waals surface area contributed by atoms with Gasteiger partial charge in [-0.2, -0.15) is 0 Å². The second-order valence-electron chi connectivity index (χ2n) is 3.61. The topological polar surface area (TPSA) is 66.4 Å². The van der Waals surface area contributed by atoms with Crippen LogP contribution in [0, 0.1) is 0 Å². The third-order valence-corrected chi connectivity index (χ3v) is 2.10. The number of unbranched alkanes of at least 4 members (excludes halogenated alkanes) is 2. The van der Waals surface area contributed by atoms with Crippen LogP contribution in [0.4, 0.5) is 0 Å². The second-order valence-corrected chi connectivity index (χ2v) is 3.61. The number of hydrogen-bond donors (Lipinski definition) is 2. The van der Waals surface area contributed by atoms with E-state index >= 15 is 0 Å². The van der Waals surface area contributed by atoms with Crippen molar-refractivity contribution in [2.75, 3.05) is 0 Å². The quantitative estimate of drug-likeness (QED) is 0.476. The average molecular weight is 213 g/mol. The summed E-state index contributed by atoms with van der Waals surface area (Å²) in [4.78, 5) is 21.1. The Hall–Kier alpha value is -1.32. The molecular weight excluding hydrogens is 194 g/mol. The lowest BCUT2D eigenvalue weighted by molar-refractivity contribution is -0.137. The van der Waals surface area contributed by atoms with Crippen LogP contribution in [0.2, 0.25) is 0 Å². The van der Waals surface area contributed by atoms with Gasteiger partial charge in [0.1, 0.15) is 0 Å². The van der Waals surface area contributed by atoms with Gasteiger partial charge in [-0.3, -0.25) is 9.59 Å². The molecule has 0 aliphatic heterocycles. The predicted molar refractivity (Wildman–Crippen MR) is 58.5 cm³/mol. The van der Waals surface area contributed by atoms with Gasteiger partial charge in [0.2, 0.25) is 5.91 Å². The van der Waals surface area contributed by atoms with Gasteiger partial charge in [0.25, 0.3) is 0 Å². The Morgan fingerprint density at radius 1 is 1.40 bits per heavy atom. The van der Waals surface area contributed by atoms with Crippen molar-refractivity contribution in [3.63, 3.8) is 0 Å². The Balaban J connectivity index is 3.38. The molecule has 0 aromatic carbocycles. The molecule has 0 aliphatic rings. The number of nitrogens with one attached hydrogen (secondary N) is 1. The number of aliphatic carboxylic acids is 1. The number of carboxylic acid groups (broad SMARTS) is 1. The van der Waals surface area contributed by atoms with Gasteiger partial charge in [0, 0.05) is 12.5 Å². The minimum absolute atomic E-state index is 0.125. The Kier molecular flexibility index (Phi) is 7.32. The molecule has 0 spiro atoms. The van der Waals surface area contributed by atoms with Crippen LogP contribution in [0.1, 0.15) is 39.0 Å². The van der Waals surface area contributed by atoms with Crippen LogP contribution < -0.4 is 5.32 Å². The highest BCUT2D eigenvalue weighted by Crippen LogP contribution is 2.05. The van der Waals surface area contributed by atoms with E-state index in [4.69, 9.17) is 5.11 Å². The van der Waals surface area contributed by atoms with Crippen molar-refractivity contribution in [3.8, 4) is 0 Å². The molecule has 0 aromatic heterocycles. The van der Waals surface area contributed by atoms with Gasteiger partial charge >= 0.3 is 5.97 Å². The molecule has 0 aromatic rings. The molecule has 1 amide bonds. The maximum absolute atomic E-state index is 10.9. The largest absolute Gasteiger partial charge is 0.481 e. The van der Waals surface area contributed by atoms with E-state index in [-0.39, 0.29) is 18.4 Å². The fraction of sp³-hybridized carbons (Fsp3) is 0.636. The number of carboxylic acids is 1. The van der Waals surface area contributed by atoms with E-state index in [1.54, 1.807) is 0 Å². The smallest absolute Gasteiger partial charge is 0.303 e. The summed E-state index contributed by atoms with van der Waals surface area (Å²) < 4.78 is 0. The van der Waals surface area contributed by atoms with Crippen molar-refractivity contribution < 1.29 is 14.7 Å². The molecule has 2 N–H and O–H groups in total. The van der Waals surface area contributed by atoms with E-state index in [0.717, 1.165) is 19.3 Å². The number of amides is 1. The molecule has 0 heterocycles. The fourth-order valence-corrected chi connectivity index (χ4v) is 1.28. The zero-order valence-electron chi connectivity index (χ0n) is 9.16. The lowest BCUT2D eigenvalue weighted by atomic mass is 10.1. The van der Waals surface area contributed by atoms with Gasteiger partial charge in [0.05, 0.1) is 0 Å². The summed E-state index contributed by atoms with van der Waals surface area (Å²) in [7, 11) is 0. The second kappa shape index (κ2) is 8.03. The van der Waals surface area contributed by atoms with Crippen LogP contribution in [0.15, 0.2) is 12.7 Å². The zero-order valence-corrected chi connectivity index (χ0v) is 9.16. The van der Waals surface area contributed by atoms with E-state index in [1.165, 1.54) is 6.08 Å². The minimum atomic E-state index is -0.747. The SMILES string of the molecule is C=CC(=O)NC(C)CCCCCC(=O)O. The van der Waals surface area contributed by atoms with E-state index in [9.17, 15) is 9.59 Å². The van der Waals surface area contributed by atoms with Gasteiger partial charge in [-0.25, -0.2) is 0 Å². The zero-order chi connectivity index (χ0) is 11.7. The highest BCUT2D eigenvalue weighted by molar-refractivity contribution is 5.87. The molecular formula is C11H19NO3. The molecule has 1 unspecified atom stereocenters. The first-order valence-electron chi connectivity index (χ1n) is 5.21. The van der Waals surface area contributed by atoms with Crippen LogP contribution in [-0.2, 0) is 9.59 Å². The van der Waals surface area contributed by atoms with E-state index in [1.807, 2.05) is 6.92 Å². The summed E-state index contributed by atoms with van der Waals surface area (Å²) in [5.41, 5.74) is 0. The first-order chi connectivity index (χ1) is 7.06. The van der Waals surface area contributed by atoms with E-state index in [0.29, 0.717) is 6.42 Å². The van der Waals surface area contributed by atoms with Crippen molar-refractivity contribution in [1.29, 1.82) is 0 Å². The molecule has 0 fully saturated rings. The van der Waals surface area contributed by atoms with E-state index in [2.05, 4.69) is 11.9 Å². The summed E-state index contributed by atoms with van der Waals surface area (Å²) in [5.74, 6) is -0.906. The van der Waals surface area contributed by atoms with Crippen molar-refractivity contribution in [2.24, 2.45) is 0 Å². The third kappa shape index (κ3) is 9.00. The maximum Gasteiger partial charge on any atom is 0.303 e. The fourth-order valence-electron chi connectivity index (χ4n) is 1.28. The minimum Gasteiger partial charge on any atom is -0.481 e. The van der Waals surface area contributed by atoms with Crippen LogP contribution in [-0.4, -0.2) is 23.0 Å². The first kappa shape index (κ1) is 13.7. The van der Waals surface area contributed by atoms with Gasteiger partial charge in [-0.1, -0.05) is 19.4 Å². The van der Waals surface area contributed by atoms with Gasteiger partial charge < -0.3 is 10.4 Å². The number of carbonyl (C=O) groups excluding carboxylic acids is 1. The molecule has 1 atom stereocenters. The lowest BCUT2D eigenvalue weighted by Gasteiger charge is -2.11. The summed E-state index contributed by atoms with van der Waals surface area (Å²) in [5, 5.41) is 11.2. The molecule has 86 valence electrons. The van der Waals surface area contributed by atoms with Crippen LogP contribution in [0.3, 0.4) is 0 Å². The monoisotopic (exact) mass is 213 g/mol. The molecule has 4 nitrogen and oxygen atoms in total. The van der Waals surface area contributed by atoms with Crippen molar-refractivity contribution in [3.05, 3.63) is 12.7 Å². The Morgan fingerprint density at radius 3 is 2.60 bits per heavy atom. The average Bonchev–Trinajstić information content (AvgIpc) is 2.16. The Morgan fingerprint density at radius 2 is 2.07 bits per heavy atom. The molecule has 15 heavy (non-hydrogen) atoms. The molecule has 0 bridgehead atoms. The Labute approximate surface area is 90.4 Å². The van der Waals surface area contributed by atoms with Crippen LogP contribution >= 0.6 is 0 Å². The van der Waals surface area contributed by atoms with Crippen molar-refractivity contribution in [2.45, 2.75) is 45.1 Å². The summed E-state index contributed by atoms with van der Waals surface area (Å²) in [6.07, 6.45) is 4.89. The molecule has 0 saturated heterocycles. The van der Waals surface area contributed by atoms with Crippen LogP contribution in [0.25, 0.3) is 0 Å². The van der Waals surface area contributed by atoms with Crippen LogP contribution in [0.5, 0.6) is 0 Å². The highest BCUT2D eigenvalue weighted by atomic mass is 16.4. The summed E-state index contributed by atoms with van der Waals surface area (Å²) >= 11 is 0. The van der Waals surface area contributed by atoms with Gasteiger partial charge in [-0.15, -0.1) is 0 Å². The summed E-state index contributed by atoms with van der Waals surface area (Å²) in [6.45, 7) is 5.29. The lowest BCUT2D eigenvalue weighted by Crippen LogP contribution is -2.30. The Bertz CT molecular complexity index is 226. The maximum atomic E-state index is 10.9. The van der Waals surface area contributed by atoms with Gasteiger partial charge in [0.15, 0.2) is 0 Å². The predicted octanol–water partition coefficient (Wildman–Crippen LogP) is 1.71. The van der Waals surface area contributed by atoms with Gasteiger partial charge in [-0.05, 0) is 25.8 Å². The summed E-state index contributed by atoms with van der Waals surface area (Å²) in [6, 6.07) is 0.125. The third-order valence-electron chi connectivity index (χ3n) is 2.10. The number of rotatable bonds is 8. The molecule has 4 heteroatoms. The molecule has 0 radical (unpaired) electrons. The highest BCUT2D eigenvalue weighted by Gasteiger charge is 2.04. The first-order valence-corrected chi connectivity index (χ1v) is 5.21. The van der Waals surface area contributed by atoms with Crippen molar-refractivity contribution >= 4 is 11.9 Å². The molecule has 0 aliphatic carbocycles. The number of hydrogen-bond acceptors (Lipinski definition) is 2. The van der Waals surface area contributed by atoms with E-state index < -0.39 is 5.97 Å². The molecule has 0 saturated carbocycles. The van der Waals surface area contributed by atoms with Crippen molar-refractivity contribution in [1.82, 2.24) is 5.32 Å². The normalized spacial score (nSPS) is 11.8. The number of carbonyl (C=O) groups is 2. The molecule has 0 rings (SSSR count).